The van der Waals surface area contributed by atoms with E-state index in [1.54, 1.807) is 4.90 Å². The summed E-state index contributed by atoms with van der Waals surface area (Å²) >= 11 is 0. The molecule has 1 fully saturated rings. The predicted molar refractivity (Wildman–Crippen MR) is 118 cm³/mol. The first-order valence-electron chi connectivity index (χ1n) is 10.7. The number of amides is 1. The number of aliphatic hydroxyl groups is 1. The van der Waals surface area contributed by atoms with Crippen molar-refractivity contribution in [2.45, 2.75) is 64.9 Å². The molecule has 0 aromatic heterocycles. The van der Waals surface area contributed by atoms with Crippen LogP contribution in [0.25, 0.3) is 0 Å². The Labute approximate surface area is 178 Å². The van der Waals surface area contributed by atoms with Crippen LogP contribution in [0.2, 0.25) is 18.1 Å². The Balaban J connectivity index is 2.28. The van der Waals surface area contributed by atoms with E-state index in [9.17, 15) is 14.7 Å². The van der Waals surface area contributed by atoms with Crippen LogP contribution in [0.3, 0.4) is 0 Å². The Bertz CT molecular complexity index is 647. The van der Waals surface area contributed by atoms with Gasteiger partial charge in [-0.2, -0.15) is 0 Å². The molecule has 9 heteroatoms. The lowest BCUT2D eigenvalue weighted by atomic mass is 9.77. The summed E-state index contributed by atoms with van der Waals surface area (Å²) in [7, 11) is 2.04. The molecule has 166 valence electrons. The van der Waals surface area contributed by atoms with Gasteiger partial charge < -0.3 is 23.9 Å². The number of rotatable bonds is 11. The van der Waals surface area contributed by atoms with E-state index >= 15 is 0 Å². The van der Waals surface area contributed by atoms with E-state index in [2.05, 4.69) is 27.7 Å². The lowest BCUT2D eigenvalue weighted by Crippen LogP contribution is -2.65. The lowest BCUT2D eigenvalue weighted by molar-refractivity contribution is -0.161. The maximum absolute atomic E-state index is 13.1. The van der Waals surface area contributed by atoms with Crippen molar-refractivity contribution in [3.63, 3.8) is 0 Å². The number of carbonyl (C=O) groups is 2. The van der Waals surface area contributed by atoms with Crippen molar-refractivity contribution >= 4 is 29.7 Å². The number of likely N-dealkylation sites (N-methyl/N-ethyl adjacent to an activating group) is 1. The number of hydrogen-bond donors (Lipinski definition) is 1. The molecule has 0 aromatic rings. The largest absolute Gasteiger partial charge is 0.447 e. The standard InChI is InChI=1S/C20H37N2O5PSi/c1-7-29(8-2,9-3)27-14(5)16-17-13(4)15(12-21(6)10-11-23)18(20(25)26-28)22(17)19(16)24/h13-14,16-17,23H,7-12,28H2,1-6H3/t13-,14+,16+,17?/m0/s1. The van der Waals surface area contributed by atoms with Crippen molar-refractivity contribution in [1.82, 2.24) is 9.80 Å². The second kappa shape index (κ2) is 10.0. The van der Waals surface area contributed by atoms with Gasteiger partial charge in [0.2, 0.25) is 5.91 Å². The van der Waals surface area contributed by atoms with Gasteiger partial charge in [0.15, 0.2) is 8.32 Å². The monoisotopic (exact) mass is 444 g/mol. The molecular formula is C20H37N2O5PSi. The van der Waals surface area contributed by atoms with Gasteiger partial charge in [0.1, 0.15) is 5.70 Å². The zero-order chi connectivity index (χ0) is 21.9. The predicted octanol–water partition coefficient (Wildman–Crippen LogP) is 2.38. The molecule has 29 heavy (non-hydrogen) atoms. The van der Waals surface area contributed by atoms with Crippen molar-refractivity contribution in [2.75, 3.05) is 26.7 Å². The number of aliphatic hydroxyl groups excluding tert-OH is 1. The molecule has 2 aliphatic rings. The Kier molecular flexibility index (Phi) is 8.45. The molecule has 0 spiro atoms. The highest BCUT2D eigenvalue weighted by molar-refractivity contribution is 7.10. The van der Waals surface area contributed by atoms with Gasteiger partial charge in [0.25, 0.3) is 0 Å². The van der Waals surface area contributed by atoms with E-state index in [-0.39, 0.29) is 36.5 Å². The third-order valence-corrected chi connectivity index (χ3v) is 11.8. The minimum atomic E-state index is -1.84. The van der Waals surface area contributed by atoms with E-state index in [4.69, 9.17) is 8.95 Å². The molecule has 0 aromatic carbocycles. The third-order valence-electron chi connectivity index (χ3n) is 6.89. The van der Waals surface area contributed by atoms with Gasteiger partial charge in [-0.15, -0.1) is 0 Å². The molecule has 1 saturated heterocycles. The summed E-state index contributed by atoms with van der Waals surface area (Å²) in [6.45, 7) is 11.7. The van der Waals surface area contributed by atoms with Crippen LogP contribution in [0.15, 0.2) is 11.3 Å². The highest BCUT2D eigenvalue weighted by Crippen LogP contribution is 2.48. The van der Waals surface area contributed by atoms with Crippen LogP contribution in [0.4, 0.5) is 0 Å². The summed E-state index contributed by atoms with van der Waals surface area (Å²) in [5.41, 5.74) is 1.26. The molecule has 2 rings (SSSR count). The van der Waals surface area contributed by atoms with E-state index in [0.717, 1.165) is 23.7 Å². The lowest BCUT2D eigenvalue weighted by Gasteiger charge is -2.49. The Morgan fingerprint density at radius 2 is 1.90 bits per heavy atom. The summed E-state index contributed by atoms with van der Waals surface area (Å²) in [6.07, 6.45) is -0.166. The topological polar surface area (TPSA) is 79.3 Å². The van der Waals surface area contributed by atoms with E-state index in [0.29, 0.717) is 18.8 Å². The number of carbonyl (C=O) groups excluding carboxylic acids is 2. The summed E-state index contributed by atoms with van der Waals surface area (Å²) in [5.74, 6) is -0.762. The van der Waals surface area contributed by atoms with Crippen LogP contribution in [0.5, 0.6) is 0 Å². The van der Waals surface area contributed by atoms with Crippen molar-refractivity contribution in [1.29, 1.82) is 0 Å². The molecule has 5 atom stereocenters. The SMILES string of the molecule is CC[Si](CC)(CC)O[C@H](C)[C@H]1C(=O)N2C(C(=O)OP)=C(CN(C)CCO)[C@H](C)C12. The van der Waals surface area contributed by atoms with Gasteiger partial charge >= 0.3 is 5.97 Å². The number of hydrogen-bond acceptors (Lipinski definition) is 6. The van der Waals surface area contributed by atoms with Gasteiger partial charge in [-0.25, -0.2) is 4.79 Å². The number of β-lactam (4-membered cyclic amide) rings is 1. The highest BCUT2D eigenvalue weighted by Gasteiger charge is 2.60. The van der Waals surface area contributed by atoms with Gasteiger partial charge in [-0.1, -0.05) is 27.7 Å². The number of fused-ring (bicyclic) bond motifs is 1. The fourth-order valence-corrected chi connectivity index (χ4v) is 7.94. The van der Waals surface area contributed by atoms with E-state index in [1.165, 1.54) is 0 Å². The molecular weight excluding hydrogens is 407 g/mol. The molecule has 1 amide bonds. The van der Waals surface area contributed by atoms with Crippen LogP contribution in [0, 0.1) is 11.8 Å². The molecule has 0 radical (unpaired) electrons. The maximum atomic E-state index is 13.1. The van der Waals surface area contributed by atoms with Gasteiger partial charge in [0, 0.05) is 19.0 Å². The molecule has 2 heterocycles. The zero-order valence-corrected chi connectivity index (χ0v) is 20.8. The first kappa shape index (κ1) is 24.5. The van der Waals surface area contributed by atoms with Gasteiger partial charge in [-0.05, 0) is 37.7 Å². The Morgan fingerprint density at radius 1 is 1.31 bits per heavy atom. The van der Waals surface area contributed by atoms with Crippen molar-refractivity contribution in [2.24, 2.45) is 11.8 Å². The summed E-state index contributed by atoms with van der Waals surface area (Å²) in [6, 6.07) is 3.03. The van der Waals surface area contributed by atoms with Crippen molar-refractivity contribution in [3.8, 4) is 0 Å². The van der Waals surface area contributed by atoms with E-state index in [1.807, 2.05) is 28.3 Å². The molecule has 2 unspecified atom stereocenters. The normalized spacial score (nSPS) is 25.3. The fraction of sp³-hybridized carbons (Fsp3) is 0.800. The smallest absolute Gasteiger partial charge is 0.357 e. The summed E-state index contributed by atoms with van der Waals surface area (Å²) in [5, 5.41) is 9.22. The van der Waals surface area contributed by atoms with Crippen LogP contribution >= 0.6 is 9.47 Å². The second-order valence-corrected chi connectivity index (χ2v) is 13.3. The van der Waals surface area contributed by atoms with Crippen molar-refractivity contribution in [3.05, 3.63) is 11.3 Å². The first-order valence-corrected chi connectivity index (χ1v) is 13.7. The van der Waals surface area contributed by atoms with Crippen LogP contribution in [-0.4, -0.2) is 74.0 Å². The zero-order valence-electron chi connectivity index (χ0n) is 18.6. The van der Waals surface area contributed by atoms with Crippen molar-refractivity contribution < 1.29 is 23.6 Å². The van der Waals surface area contributed by atoms with Crippen LogP contribution in [-0.2, 0) is 18.5 Å². The molecule has 0 aliphatic carbocycles. The first-order chi connectivity index (χ1) is 13.7. The van der Waals surface area contributed by atoms with E-state index < -0.39 is 14.3 Å². The second-order valence-electron chi connectivity index (χ2n) is 8.32. The quantitative estimate of drug-likeness (QED) is 0.299. The fourth-order valence-electron chi connectivity index (χ4n) is 4.89. The van der Waals surface area contributed by atoms with Crippen LogP contribution in [0.1, 0.15) is 34.6 Å². The average molecular weight is 445 g/mol. The maximum Gasteiger partial charge on any atom is 0.357 e. The molecule has 0 saturated carbocycles. The van der Waals surface area contributed by atoms with Gasteiger partial charge in [-0.3, -0.25) is 4.79 Å². The summed E-state index contributed by atoms with van der Waals surface area (Å²) in [4.78, 5) is 29.2. The molecule has 0 bridgehead atoms. The minimum absolute atomic E-state index is 0.0324. The molecule has 1 N–H and O–H groups in total. The highest BCUT2D eigenvalue weighted by atomic mass is 31.0. The summed E-state index contributed by atoms with van der Waals surface area (Å²) < 4.78 is 11.5. The van der Waals surface area contributed by atoms with Crippen LogP contribution < -0.4 is 0 Å². The van der Waals surface area contributed by atoms with Gasteiger partial charge in [0.05, 0.1) is 34.1 Å². The minimum Gasteiger partial charge on any atom is -0.447 e. The third kappa shape index (κ3) is 4.47. The Hall–Kier alpha value is -0.793. The number of nitrogens with zero attached hydrogens (tertiary/aromatic N) is 2. The molecule has 2 aliphatic heterocycles. The average Bonchev–Trinajstić information content (AvgIpc) is 2.94. The molecule has 7 nitrogen and oxygen atoms in total. The Morgan fingerprint density at radius 3 is 2.38 bits per heavy atom.